The number of rotatable bonds is 5. The fourth-order valence-electron chi connectivity index (χ4n) is 2.89. The highest BCUT2D eigenvalue weighted by atomic mass is 127. The van der Waals surface area contributed by atoms with Crippen LogP contribution in [0.4, 0.5) is 10.1 Å². The molecule has 3 rings (SSSR count). The number of ether oxygens (including phenoxy) is 1. The molecule has 1 fully saturated rings. The van der Waals surface area contributed by atoms with E-state index in [0.29, 0.717) is 25.6 Å². The molecule has 1 aromatic heterocycles. The number of nitrogens with zero attached hydrogens (tertiary/aromatic N) is 5. The Hall–Kier alpha value is -2.37. The molecule has 1 aromatic carbocycles. The van der Waals surface area contributed by atoms with Gasteiger partial charge in [0.15, 0.2) is 17.5 Å². The van der Waals surface area contributed by atoms with Crippen LogP contribution in [-0.4, -0.2) is 66.4 Å². The zero-order chi connectivity index (χ0) is 19.2. The normalized spacial score (nSPS) is 14.7. The summed E-state index contributed by atoms with van der Waals surface area (Å²) in [5, 5.41) is 7.26. The Labute approximate surface area is 180 Å². The molecule has 28 heavy (non-hydrogen) atoms. The number of benzene rings is 1. The Balaban J connectivity index is 0.00000280. The fourth-order valence-corrected chi connectivity index (χ4v) is 2.89. The fraction of sp³-hybridized carbons (Fsp3) is 0.389. The predicted molar refractivity (Wildman–Crippen MR) is 116 cm³/mol. The van der Waals surface area contributed by atoms with Gasteiger partial charge in [-0.05, 0) is 12.1 Å². The maximum atomic E-state index is 13.5. The van der Waals surface area contributed by atoms with Gasteiger partial charge in [0.2, 0.25) is 5.91 Å². The third-order valence-electron chi connectivity index (χ3n) is 4.21. The first-order valence-corrected chi connectivity index (χ1v) is 8.70. The van der Waals surface area contributed by atoms with Crippen molar-refractivity contribution in [3.8, 4) is 5.75 Å². The maximum Gasteiger partial charge on any atom is 0.246 e. The quantitative estimate of drug-likeness (QED) is 0.290. The highest BCUT2D eigenvalue weighted by Gasteiger charge is 2.27. The summed E-state index contributed by atoms with van der Waals surface area (Å²) in [5.41, 5.74) is 0.795. The topological polar surface area (TPSA) is 75.0 Å². The minimum absolute atomic E-state index is 0. The molecule has 2 heterocycles. The van der Waals surface area contributed by atoms with E-state index in [-0.39, 0.29) is 54.6 Å². The summed E-state index contributed by atoms with van der Waals surface area (Å²) >= 11 is 0. The van der Waals surface area contributed by atoms with Crippen molar-refractivity contribution in [2.75, 3.05) is 44.7 Å². The molecule has 8 nitrogen and oxygen atoms in total. The number of aryl methyl sites for hydroxylation is 1. The second-order valence-electron chi connectivity index (χ2n) is 6.09. The number of piperazine rings is 1. The Kier molecular flexibility index (Phi) is 8.03. The van der Waals surface area contributed by atoms with Crippen LogP contribution in [0.15, 0.2) is 41.7 Å². The largest absolute Gasteiger partial charge is 0.489 e. The van der Waals surface area contributed by atoms with Crippen LogP contribution in [0.3, 0.4) is 0 Å². The van der Waals surface area contributed by atoms with Crippen molar-refractivity contribution in [3.05, 3.63) is 42.5 Å². The summed E-state index contributed by atoms with van der Waals surface area (Å²) in [4.78, 5) is 20.3. The lowest BCUT2D eigenvalue weighted by atomic mass is 10.3. The molecule has 1 aliphatic heterocycles. The molecule has 1 amide bonds. The summed E-state index contributed by atoms with van der Waals surface area (Å²) in [5.74, 6) is 0.430. The van der Waals surface area contributed by atoms with Gasteiger partial charge in [-0.2, -0.15) is 5.10 Å². The summed E-state index contributed by atoms with van der Waals surface area (Å²) in [6.45, 7) is 2.15. The van der Waals surface area contributed by atoms with Crippen LogP contribution in [0, 0.1) is 5.82 Å². The first kappa shape index (κ1) is 21.9. The van der Waals surface area contributed by atoms with Gasteiger partial charge in [0.25, 0.3) is 0 Å². The third kappa shape index (κ3) is 5.33. The van der Waals surface area contributed by atoms with Crippen LogP contribution in [0.1, 0.15) is 0 Å². The zero-order valence-corrected chi connectivity index (χ0v) is 18.2. The SMILES string of the molecule is CN=C(NCCOc1ccccc1F)N1CCN(c2cnn(C)c2)C(=O)C1.I. The number of guanidine groups is 1. The molecule has 1 N–H and O–H groups in total. The number of aliphatic imine (C=N–C) groups is 1. The van der Waals surface area contributed by atoms with Gasteiger partial charge in [-0.1, -0.05) is 12.1 Å². The van der Waals surface area contributed by atoms with Gasteiger partial charge < -0.3 is 19.9 Å². The van der Waals surface area contributed by atoms with Gasteiger partial charge in [0.1, 0.15) is 13.2 Å². The molecule has 152 valence electrons. The number of amides is 1. The zero-order valence-electron chi connectivity index (χ0n) is 15.8. The van der Waals surface area contributed by atoms with E-state index in [1.54, 1.807) is 41.0 Å². The Morgan fingerprint density at radius 3 is 2.79 bits per heavy atom. The molecule has 0 atom stereocenters. The van der Waals surface area contributed by atoms with Gasteiger partial charge in [-0.15, -0.1) is 24.0 Å². The van der Waals surface area contributed by atoms with E-state index < -0.39 is 0 Å². The first-order chi connectivity index (χ1) is 13.1. The van der Waals surface area contributed by atoms with Crippen LogP contribution in [-0.2, 0) is 11.8 Å². The second-order valence-corrected chi connectivity index (χ2v) is 6.09. The number of hydrogen-bond acceptors (Lipinski definition) is 4. The molecule has 0 unspecified atom stereocenters. The lowest BCUT2D eigenvalue weighted by Gasteiger charge is -2.35. The van der Waals surface area contributed by atoms with Crippen LogP contribution < -0.4 is 15.0 Å². The van der Waals surface area contributed by atoms with Crippen molar-refractivity contribution < 1.29 is 13.9 Å². The highest BCUT2D eigenvalue weighted by Crippen LogP contribution is 2.16. The number of carbonyl (C=O) groups excluding carboxylic acids is 1. The average molecular weight is 502 g/mol. The van der Waals surface area contributed by atoms with Crippen LogP contribution in [0.2, 0.25) is 0 Å². The van der Waals surface area contributed by atoms with Crippen molar-refractivity contribution >= 4 is 41.5 Å². The van der Waals surface area contributed by atoms with Crippen molar-refractivity contribution in [1.82, 2.24) is 20.0 Å². The van der Waals surface area contributed by atoms with Crippen molar-refractivity contribution in [2.24, 2.45) is 12.0 Å². The van der Waals surface area contributed by atoms with E-state index in [1.807, 2.05) is 18.1 Å². The Morgan fingerprint density at radius 1 is 1.36 bits per heavy atom. The van der Waals surface area contributed by atoms with Crippen molar-refractivity contribution in [3.63, 3.8) is 0 Å². The lowest BCUT2D eigenvalue weighted by molar-refractivity contribution is -0.120. The smallest absolute Gasteiger partial charge is 0.246 e. The van der Waals surface area contributed by atoms with E-state index >= 15 is 0 Å². The minimum atomic E-state index is -0.390. The number of aromatic nitrogens is 2. The molecule has 0 saturated carbocycles. The summed E-state index contributed by atoms with van der Waals surface area (Å²) in [7, 11) is 3.48. The number of para-hydroxylation sites is 1. The van der Waals surface area contributed by atoms with E-state index in [2.05, 4.69) is 15.4 Å². The molecule has 0 aliphatic carbocycles. The molecule has 10 heteroatoms. The van der Waals surface area contributed by atoms with Gasteiger partial charge in [0, 0.05) is 33.4 Å². The number of carbonyl (C=O) groups is 1. The molecule has 1 saturated heterocycles. The van der Waals surface area contributed by atoms with E-state index in [1.165, 1.54) is 6.07 Å². The van der Waals surface area contributed by atoms with Gasteiger partial charge in [-0.3, -0.25) is 14.5 Å². The number of anilines is 1. The average Bonchev–Trinajstić information content (AvgIpc) is 3.09. The molecule has 1 aliphatic rings. The summed E-state index contributed by atoms with van der Waals surface area (Å²) in [6, 6.07) is 6.28. The first-order valence-electron chi connectivity index (χ1n) is 8.70. The lowest BCUT2D eigenvalue weighted by Crippen LogP contribution is -2.55. The monoisotopic (exact) mass is 502 g/mol. The van der Waals surface area contributed by atoms with Gasteiger partial charge in [-0.25, -0.2) is 4.39 Å². The summed E-state index contributed by atoms with van der Waals surface area (Å²) < 4.78 is 20.6. The standard InChI is InChI=1S/C18H23FN6O2.HI/c1-20-18(21-7-10-27-16-6-4-3-5-15(16)19)24-8-9-25(17(26)13-24)14-11-22-23(2)12-14;/h3-6,11-12H,7-10,13H2,1-2H3,(H,20,21);1H. The molecular formula is C18H24FIN6O2. The number of halogens is 2. The molecule has 0 bridgehead atoms. The van der Waals surface area contributed by atoms with Crippen LogP contribution in [0.25, 0.3) is 0 Å². The Morgan fingerprint density at radius 2 is 2.14 bits per heavy atom. The van der Waals surface area contributed by atoms with Crippen molar-refractivity contribution in [1.29, 1.82) is 0 Å². The predicted octanol–water partition coefficient (Wildman–Crippen LogP) is 1.48. The van der Waals surface area contributed by atoms with E-state index in [0.717, 1.165) is 5.69 Å². The van der Waals surface area contributed by atoms with E-state index in [4.69, 9.17) is 4.74 Å². The second kappa shape index (κ2) is 10.2. The van der Waals surface area contributed by atoms with Gasteiger partial charge >= 0.3 is 0 Å². The van der Waals surface area contributed by atoms with Crippen LogP contribution in [0.5, 0.6) is 5.75 Å². The molecule has 0 radical (unpaired) electrons. The van der Waals surface area contributed by atoms with Gasteiger partial charge in [0.05, 0.1) is 18.4 Å². The molecule has 2 aromatic rings. The minimum Gasteiger partial charge on any atom is -0.489 e. The maximum absolute atomic E-state index is 13.5. The van der Waals surface area contributed by atoms with E-state index in [9.17, 15) is 9.18 Å². The molecular weight excluding hydrogens is 478 g/mol. The summed E-state index contributed by atoms with van der Waals surface area (Å²) in [6.07, 6.45) is 3.50. The van der Waals surface area contributed by atoms with Crippen molar-refractivity contribution in [2.45, 2.75) is 0 Å². The molecule has 0 spiro atoms. The highest BCUT2D eigenvalue weighted by molar-refractivity contribution is 14.0. The number of hydrogen-bond donors (Lipinski definition) is 1. The number of nitrogens with one attached hydrogen (secondary N) is 1. The third-order valence-corrected chi connectivity index (χ3v) is 4.21. The van der Waals surface area contributed by atoms with Crippen LogP contribution >= 0.6 is 24.0 Å². The Bertz CT molecular complexity index is 828.